The minimum atomic E-state index is -1.04. The topological polar surface area (TPSA) is 221 Å². The Kier molecular flexibility index (Phi) is 13.0. The van der Waals surface area contributed by atoms with E-state index in [1.807, 2.05) is 6.92 Å². The fraction of sp³-hybridized carbons (Fsp3) is 0.778. The molecule has 4 rings (SSSR count). The zero-order valence-corrected chi connectivity index (χ0v) is 25.1. The number of hydrogen-bond donors (Lipinski definition) is 4. The van der Waals surface area contributed by atoms with Gasteiger partial charge in [-0.25, -0.2) is 4.79 Å². The minimum absolute atomic E-state index is 0.00108. The van der Waals surface area contributed by atoms with E-state index in [2.05, 4.69) is 16.0 Å². The molecule has 0 aromatic carbocycles. The van der Waals surface area contributed by atoms with E-state index in [0.717, 1.165) is 6.42 Å². The summed E-state index contributed by atoms with van der Waals surface area (Å²) in [7, 11) is 0. The summed E-state index contributed by atoms with van der Waals surface area (Å²) in [4.78, 5) is 79.1. The number of nitrogens with zero attached hydrogens (tertiary/aromatic N) is 2. The lowest BCUT2D eigenvalue weighted by Gasteiger charge is -2.39. The minimum Gasteiger partial charge on any atom is -0.388 e. The fourth-order valence-electron chi connectivity index (χ4n) is 5.03. The van der Waals surface area contributed by atoms with Crippen molar-refractivity contribution in [1.29, 1.82) is 0 Å². The molecule has 4 N–H and O–H groups in total. The maximum atomic E-state index is 12.7. The van der Waals surface area contributed by atoms with Gasteiger partial charge in [0.15, 0.2) is 18.9 Å². The van der Waals surface area contributed by atoms with Gasteiger partial charge in [0.2, 0.25) is 17.7 Å². The summed E-state index contributed by atoms with van der Waals surface area (Å²) in [6, 6.07) is 0. The van der Waals surface area contributed by atoms with Gasteiger partial charge >= 0.3 is 5.97 Å². The molecule has 2 bridgehead atoms. The average Bonchev–Trinajstić information content (AvgIpc) is 3.30. The number of imide groups is 1. The Hall–Kier alpha value is -3.26. The van der Waals surface area contributed by atoms with Crippen LogP contribution in [0.5, 0.6) is 0 Å². The summed E-state index contributed by atoms with van der Waals surface area (Å²) in [5.41, 5.74) is 0. The highest BCUT2D eigenvalue weighted by Crippen LogP contribution is 2.28. The van der Waals surface area contributed by atoms with Gasteiger partial charge in [-0.3, -0.25) is 28.9 Å². The molecule has 5 amide bonds. The Morgan fingerprint density at radius 3 is 2.20 bits per heavy atom. The SMILES string of the molecule is C[C@H]1CC[C@@H]2O[C@H]3CC[C@H](O)[C@H](OCCNC(=O)CN(CC(=O)NCC(=O)ON4C(=O)CCC4=O)CC(=O)NCCO[C@@H]2O1)O3. The molecular formula is C27H41N5O13. The van der Waals surface area contributed by atoms with Crippen molar-refractivity contribution in [2.75, 3.05) is 52.5 Å². The molecule has 18 nitrogen and oxygen atoms in total. The van der Waals surface area contributed by atoms with Crippen molar-refractivity contribution in [3.63, 3.8) is 0 Å². The quantitative estimate of drug-likeness (QED) is 0.220. The smallest absolute Gasteiger partial charge is 0.352 e. The lowest BCUT2D eigenvalue weighted by Crippen LogP contribution is -2.48. The van der Waals surface area contributed by atoms with E-state index in [4.69, 9.17) is 28.5 Å². The lowest BCUT2D eigenvalue weighted by molar-refractivity contribution is -0.335. The van der Waals surface area contributed by atoms with Crippen LogP contribution in [0.3, 0.4) is 0 Å². The van der Waals surface area contributed by atoms with Crippen LogP contribution in [-0.4, -0.2) is 140 Å². The number of carbonyl (C=O) groups excluding carboxylic acids is 6. The highest BCUT2D eigenvalue weighted by Gasteiger charge is 2.37. The first-order valence-electron chi connectivity index (χ1n) is 15.0. The molecule has 4 fully saturated rings. The summed E-state index contributed by atoms with van der Waals surface area (Å²) in [5, 5.41) is 18.3. The first kappa shape index (κ1) is 34.6. The van der Waals surface area contributed by atoms with E-state index >= 15 is 0 Å². The molecule has 0 saturated carbocycles. The van der Waals surface area contributed by atoms with Crippen LogP contribution in [0.25, 0.3) is 0 Å². The number of rotatable bonds is 5. The van der Waals surface area contributed by atoms with E-state index in [1.54, 1.807) is 0 Å². The Morgan fingerprint density at radius 1 is 0.889 bits per heavy atom. The van der Waals surface area contributed by atoms with Crippen LogP contribution in [0.15, 0.2) is 0 Å². The van der Waals surface area contributed by atoms with Crippen LogP contribution in [0.1, 0.15) is 45.4 Å². The van der Waals surface area contributed by atoms with Crippen LogP contribution >= 0.6 is 0 Å². The van der Waals surface area contributed by atoms with Gasteiger partial charge in [0, 0.05) is 32.4 Å². The van der Waals surface area contributed by atoms with Gasteiger partial charge in [0.05, 0.1) is 39.0 Å². The molecule has 0 aromatic heterocycles. The molecule has 4 saturated heterocycles. The predicted octanol–water partition coefficient (Wildman–Crippen LogP) is -2.98. The van der Waals surface area contributed by atoms with E-state index < -0.39 is 79.7 Å². The van der Waals surface area contributed by atoms with Crippen molar-refractivity contribution in [2.45, 2.75) is 82.6 Å². The van der Waals surface area contributed by atoms with E-state index in [0.29, 0.717) is 24.3 Å². The molecule has 4 heterocycles. The largest absolute Gasteiger partial charge is 0.388 e. The number of nitrogens with one attached hydrogen (secondary N) is 3. The number of aliphatic hydroxyl groups excluding tert-OH is 1. The number of carbonyl (C=O) groups is 6. The number of aliphatic hydroxyl groups is 1. The summed E-state index contributed by atoms with van der Waals surface area (Å²) >= 11 is 0. The fourth-order valence-corrected chi connectivity index (χ4v) is 5.03. The zero-order chi connectivity index (χ0) is 32.3. The van der Waals surface area contributed by atoms with E-state index in [1.165, 1.54) is 4.90 Å². The molecule has 0 aromatic rings. The van der Waals surface area contributed by atoms with Gasteiger partial charge in [-0.2, -0.15) is 0 Å². The molecule has 6 atom stereocenters. The maximum Gasteiger partial charge on any atom is 0.352 e. The van der Waals surface area contributed by atoms with Crippen LogP contribution in [0.2, 0.25) is 0 Å². The predicted molar refractivity (Wildman–Crippen MR) is 147 cm³/mol. The Morgan fingerprint density at radius 2 is 1.53 bits per heavy atom. The molecule has 4 aliphatic rings. The van der Waals surface area contributed by atoms with E-state index in [9.17, 15) is 33.9 Å². The second-order valence-electron chi connectivity index (χ2n) is 11.1. The summed E-state index contributed by atoms with van der Waals surface area (Å²) in [6.45, 7) is 0.369. The lowest BCUT2D eigenvalue weighted by atomic mass is 10.1. The first-order chi connectivity index (χ1) is 21.6. The van der Waals surface area contributed by atoms with Crippen LogP contribution < -0.4 is 16.0 Å². The Labute approximate surface area is 259 Å². The normalized spacial score (nSPS) is 31.5. The van der Waals surface area contributed by atoms with Crippen molar-refractivity contribution >= 4 is 35.5 Å². The van der Waals surface area contributed by atoms with Gasteiger partial charge in [0.1, 0.15) is 18.8 Å². The number of fused-ring (bicyclic) bond motifs is 3. The van der Waals surface area contributed by atoms with Crippen LogP contribution in [-0.2, 0) is 57.3 Å². The van der Waals surface area contributed by atoms with Gasteiger partial charge in [0.25, 0.3) is 11.8 Å². The highest BCUT2D eigenvalue weighted by atomic mass is 16.8. The van der Waals surface area contributed by atoms with Crippen LogP contribution in [0.4, 0.5) is 0 Å². The number of hydrogen-bond acceptors (Lipinski definition) is 14. The van der Waals surface area contributed by atoms with Crippen molar-refractivity contribution in [2.24, 2.45) is 0 Å². The second kappa shape index (κ2) is 16.9. The number of ether oxygens (including phenoxy) is 5. The molecule has 0 unspecified atom stereocenters. The molecule has 4 aliphatic heterocycles. The summed E-state index contributed by atoms with van der Waals surface area (Å²) < 4.78 is 29.4. The third-order valence-electron chi connectivity index (χ3n) is 7.30. The monoisotopic (exact) mass is 643 g/mol. The van der Waals surface area contributed by atoms with Gasteiger partial charge in [-0.1, -0.05) is 0 Å². The molecule has 0 radical (unpaired) electrons. The summed E-state index contributed by atoms with van der Waals surface area (Å²) in [5.74, 6) is -4.09. The molecule has 18 heteroatoms. The van der Waals surface area contributed by atoms with Crippen LogP contribution in [0, 0.1) is 0 Å². The number of hydroxylamine groups is 2. The third kappa shape index (κ3) is 10.9. The molecule has 252 valence electrons. The second-order valence-corrected chi connectivity index (χ2v) is 11.1. The third-order valence-corrected chi connectivity index (χ3v) is 7.30. The Bertz CT molecular complexity index is 1080. The maximum absolute atomic E-state index is 12.7. The Balaban J connectivity index is 1.33. The molecule has 45 heavy (non-hydrogen) atoms. The molecular weight excluding hydrogens is 602 g/mol. The van der Waals surface area contributed by atoms with Gasteiger partial charge < -0.3 is 49.6 Å². The van der Waals surface area contributed by atoms with Crippen molar-refractivity contribution in [1.82, 2.24) is 25.9 Å². The standard InChI is InChI=1S/C27H41N5O13/c1-16-2-4-18-27(42-16)41-11-9-29-20(35)14-31(15-21(36)30-12-24(39)45-32-22(37)5-6-23(32)38)13-19(34)28-8-10-40-26-17(33)3-7-25(43-18)44-26/h16-18,25-27,33H,2-15H2,1H3,(H,28,34)(H,29,35)(H,30,36)/t16-,17-,18-,25+,26+,27+/m0/s1. The van der Waals surface area contributed by atoms with Gasteiger partial charge in [-0.05, 0) is 26.2 Å². The van der Waals surface area contributed by atoms with Crippen molar-refractivity contribution in [3.05, 3.63) is 0 Å². The van der Waals surface area contributed by atoms with E-state index in [-0.39, 0.29) is 58.3 Å². The molecule has 0 spiro atoms. The van der Waals surface area contributed by atoms with Gasteiger partial charge in [-0.15, -0.1) is 5.06 Å². The zero-order valence-electron chi connectivity index (χ0n) is 25.1. The highest BCUT2D eigenvalue weighted by molar-refractivity contribution is 6.01. The van der Waals surface area contributed by atoms with Crippen molar-refractivity contribution < 1.29 is 62.4 Å². The average molecular weight is 644 g/mol. The molecule has 0 aliphatic carbocycles. The number of amides is 5. The van der Waals surface area contributed by atoms with Crippen molar-refractivity contribution in [3.8, 4) is 0 Å². The first-order valence-corrected chi connectivity index (χ1v) is 15.0. The summed E-state index contributed by atoms with van der Waals surface area (Å²) in [6.07, 6.45) is -1.65.